The summed E-state index contributed by atoms with van der Waals surface area (Å²) >= 11 is 0. The molecule has 21 heavy (non-hydrogen) atoms. The van der Waals surface area contributed by atoms with Gasteiger partial charge in [0, 0.05) is 24.7 Å². The van der Waals surface area contributed by atoms with E-state index in [0.717, 1.165) is 12.0 Å². The van der Waals surface area contributed by atoms with Crippen molar-refractivity contribution in [1.29, 1.82) is 0 Å². The first-order valence-corrected chi connectivity index (χ1v) is 8.65. The molecule has 1 aliphatic heterocycles. The highest BCUT2D eigenvalue weighted by atomic mass is 32.2. The van der Waals surface area contributed by atoms with E-state index in [4.69, 9.17) is 0 Å². The lowest BCUT2D eigenvalue weighted by Gasteiger charge is -2.22. The molecule has 7 heteroatoms. The first-order chi connectivity index (χ1) is 9.81. The van der Waals surface area contributed by atoms with Crippen molar-refractivity contribution in [1.82, 2.24) is 4.31 Å². The Morgan fingerprint density at radius 1 is 1.29 bits per heavy atom. The molecule has 0 N–H and O–H groups in total. The molecule has 0 unspecified atom stereocenters. The molecule has 116 valence electrons. The molecule has 0 amide bonds. The van der Waals surface area contributed by atoms with Gasteiger partial charge in [0.1, 0.15) is 0 Å². The van der Waals surface area contributed by atoms with Crippen LogP contribution in [0.2, 0.25) is 0 Å². The van der Waals surface area contributed by atoms with Crippen molar-refractivity contribution in [3.63, 3.8) is 0 Å². The molecule has 2 atom stereocenters. The number of sulfonamides is 1. The standard InChI is InChI=1S/C14H20N2O4S/c1-11-7-9-15(12(11)2)21(19,20)10-8-13-3-5-14(6-4-13)16(17)18/h3-6,11-12H,7-10H2,1-2H3/t11-,12-/m0/s1. The van der Waals surface area contributed by atoms with Gasteiger partial charge in [0.25, 0.3) is 5.69 Å². The topological polar surface area (TPSA) is 80.5 Å². The summed E-state index contributed by atoms with van der Waals surface area (Å²) in [5, 5.41) is 10.6. The van der Waals surface area contributed by atoms with Gasteiger partial charge in [-0.15, -0.1) is 0 Å². The Hall–Kier alpha value is -1.47. The Bertz CT molecular complexity index is 612. The Balaban J connectivity index is 2.00. The molecule has 0 saturated carbocycles. The van der Waals surface area contributed by atoms with Crippen LogP contribution in [0, 0.1) is 16.0 Å². The lowest BCUT2D eigenvalue weighted by Crippen LogP contribution is -2.37. The van der Waals surface area contributed by atoms with E-state index in [2.05, 4.69) is 6.92 Å². The third kappa shape index (κ3) is 3.59. The number of nitro groups is 1. The maximum atomic E-state index is 12.4. The number of benzene rings is 1. The first kappa shape index (κ1) is 15.9. The molecule has 0 radical (unpaired) electrons. The van der Waals surface area contributed by atoms with Gasteiger partial charge in [-0.25, -0.2) is 8.42 Å². The van der Waals surface area contributed by atoms with Crippen LogP contribution in [0.4, 0.5) is 5.69 Å². The molecule has 2 rings (SSSR count). The van der Waals surface area contributed by atoms with Crippen LogP contribution >= 0.6 is 0 Å². The van der Waals surface area contributed by atoms with Crippen LogP contribution in [-0.2, 0) is 16.4 Å². The fourth-order valence-electron chi connectivity index (χ4n) is 2.60. The number of hydrogen-bond donors (Lipinski definition) is 0. The van der Waals surface area contributed by atoms with Gasteiger partial charge in [0.2, 0.25) is 10.0 Å². The second-order valence-electron chi connectivity index (χ2n) is 5.61. The van der Waals surface area contributed by atoms with Crippen molar-refractivity contribution in [2.75, 3.05) is 12.3 Å². The van der Waals surface area contributed by atoms with E-state index in [1.165, 1.54) is 12.1 Å². The van der Waals surface area contributed by atoms with E-state index >= 15 is 0 Å². The van der Waals surface area contributed by atoms with Crippen LogP contribution in [-0.4, -0.2) is 36.0 Å². The predicted molar refractivity (Wildman–Crippen MR) is 80.5 cm³/mol. The third-order valence-electron chi connectivity index (χ3n) is 4.24. The van der Waals surface area contributed by atoms with E-state index in [0.29, 0.717) is 18.9 Å². The molecular formula is C14H20N2O4S. The van der Waals surface area contributed by atoms with E-state index in [1.54, 1.807) is 16.4 Å². The van der Waals surface area contributed by atoms with E-state index < -0.39 is 14.9 Å². The summed E-state index contributed by atoms with van der Waals surface area (Å²) < 4.78 is 26.3. The van der Waals surface area contributed by atoms with Crippen LogP contribution < -0.4 is 0 Å². The van der Waals surface area contributed by atoms with Gasteiger partial charge in [0.05, 0.1) is 10.7 Å². The summed E-state index contributed by atoms with van der Waals surface area (Å²) in [5.41, 5.74) is 0.813. The highest BCUT2D eigenvalue weighted by Crippen LogP contribution is 2.26. The van der Waals surface area contributed by atoms with Crippen molar-refractivity contribution >= 4 is 15.7 Å². The van der Waals surface area contributed by atoms with Gasteiger partial charge in [-0.2, -0.15) is 4.31 Å². The SMILES string of the molecule is C[C@H]1CCN(S(=O)(=O)CCc2ccc([N+](=O)[O-])cc2)[C@H]1C. The molecule has 1 aromatic rings. The van der Waals surface area contributed by atoms with Crippen molar-refractivity contribution in [3.8, 4) is 0 Å². The zero-order chi connectivity index (χ0) is 15.6. The molecular weight excluding hydrogens is 292 g/mol. The minimum absolute atomic E-state index is 0.0172. The molecule has 1 aliphatic rings. The third-order valence-corrected chi connectivity index (χ3v) is 6.19. The Kier molecular flexibility index (Phi) is 4.63. The highest BCUT2D eigenvalue weighted by Gasteiger charge is 2.35. The Morgan fingerprint density at radius 3 is 2.38 bits per heavy atom. The molecule has 0 aromatic heterocycles. The average molecular weight is 312 g/mol. The fraction of sp³-hybridized carbons (Fsp3) is 0.571. The molecule has 0 spiro atoms. The van der Waals surface area contributed by atoms with Crippen molar-refractivity contribution in [2.24, 2.45) is 5.92 Å². The number of non-ortho nitro benzene ring substituents is 1. The van der Waals surface area contributed by atoms with Gasteiger partial charge >= 0.3 is 0 Å². The number of hydrogen-bond acceptors (Lipinski definition) is 4. The fourth-order valence-corrected chi connectivity index (χ4v) is 4.43. The monoisotopic (exact) mass is 312 g/mol. The average Bonchev–Trinajstić information content (AvgIpc) is 2.78. The van der Waals surface area contributed by atoms with Gasteiger partial charge in [-0.1, -0.05) is 19.1 Å². The second-order valence-corrected chi connectivity index (χ2v) is 7.65. The van der Waals surface area contributed by atoms with Crippen LogP contribution in [0.5, 0.6) is 0 Å². The molecule has 1 fully saturated rings. The summed E-state index contributed by atoms with van der Waals surface area (Å²) in [6, 6.07) is 6.09. The van der Waals surface area contributed by atoms with E-state index in [1.807, 2.05) is 6.92 Å². The summed E-state index contributed by atoms with van der Waals surface area (Å²) in [6.45, 7) is 4.60. The van der Waals surface area contributed by atoms with Crippen LogP contribution in [0.3, 0.4) is 0 Å². The minimum Gasteiger partial charge on any atom is -0.258 e. The summed E-state index contributed by atoms with van der Waals surface area (Å²) in [6.07, 6.45) is 1.27. The summed E-state index contributed by atoms with van der Waals surface area (Å²) in [4.78, 5) is 10.1. The van der Waals surface area contributed by atoms with Crippen LogP contribution in [0.25, 0.3) is 0 Å². The molecule has 1 aromatic carbocycles. The van der Waals surface area contributed by atoms with Crippen molar-refractivity contribution in [3.05, 3.63) is 39.9 Å². The number of nitro benzene ring substituents is 1. The first-order valence-electron chi connectivity index (χ1n) is 7.04. The molecule has 1 saturated heterocycles. The van der Waals surface area contributed by atoms with Crippen LogP contribution in [0.15, 0.2) is 24.3 Å². The maximum Gasteiger partial charge on any atom is 0.269 e. The minimum atomic E-state index is -3.27. The highest BCUT2D eigenvalue weighted by molar-refractivity contribution is 7.89. The molecule has 0 aliphatic carbocycles. The van der Waals surface area contributed by atoms with E-state index in [9.17, 15) is 18.5 Å². The van der Waals surface area contributed by atoms with Crippen LogP contribution in [0.1, 0.15) is 25.8 Å². The predicted octanol–water partition coefficient (Wildman–Crippen LogP) is 2.20. The van der Waals surface area contributed by atoms with Crippen molar-refractivity contribution < 1.29 is 13.3 Å². The van der Waals surface area contributed by atoms with Gasteiger partial charge in [-0.3, -0.25) is 10.1 Å². The van der Waals surface area contributed by atoms with E-state index in [-0.39, 0.29) is 17.5 Å². The van der Waals surface area contributed by atoms with Gasteiger partial charge < -0.3 is 0 Å². The number of rotatable bonds is 5. The largest absolute Gasteiger partial charge is 0.269 e. The summed E-state index contributed by atoms with van der Waals surface area (Å²) in [5.74, 6) is 0.432. The zero-order valence-electron chi connectivity index (χ0n) is 12.2. The zero-order valence-corrected chi connectivity index (χ0v) is 13.0. The molecule has 1 heterocycles. The molecule has 6 nitrogen and oxygen atoms in total. The number of aryl methyl sites for hydroxylation is 1. The normalized spacial score (nSPS) is 23.3. The van der Waals surface area contributed by atoms with Gasteiger partial charge in [-0.05, 0) is 31.2 Å². The second kappa shape index (κ2) is 6.11. The smallest absolute Gasteiger partial charge is 0.258 e. The van der Waals surface area contributed by atoms with Gasteiger partial charge in [0.15, 0.2) is 0 Å². The number of nitrogens with zero attached hydrogens (tertiary/aromatic N) is 2. The molecule has 0 bridgehead atoms. The van der Waals surface area contributed by atoms with Crippen molar-refractivity contribution in [2.45, 2.75) is 32.7 Å². The lowest BCUT2D eigenvalue weighted by atomic mass is 10.1. The quantitative estimate of drug-likeness (QED) is 0.616. The Labute approximate surface area is 125 Å². The lowest BCUT2D eigenvalue weighted by molar-refractivity contribution is -0.384. The Morgan fingerprint density at radius 2 is 1.90 bits per heavy atom. The summed E-state index contributed by atoms with van der Waals surface area (Å²) in [7, 11) is -3.27. The maximum absolute atomic E-state index is 12.4.